The van der Waals surface area contributed by atoms with Gasteiger partial charge in [-0.1, -0.05) is 0 Å². The Morgan fingerprint density at radius 3 is 1.00 bits per heavy atom. The third kappa shape index (κ3) is 1.78. The zero-order chi connectivity index (χ0) is 11.0. The van der Waals surface area contributed by atoms with E-state index in [4.69, 9.17) is 0 Å². The van der Waals surface area contributed by atoms with Crippen molar-refractivity contribution >= 4 is 0 Å². The molecule has 5 aliphatic carbocycles. The molecule has 0 nitrogen and oxygen atoms in total. The molecule has 0 amide bonds. The van der Waals surface area contributed by atoms with Gasteiger partial charge in [0.05, 0.1) is 0 Å². The van der Waals surface area contributed by atoms with Crippen LogP contribution in [0.2, 0.25) is 0 Å². The van der Waals surface area contributed by atoms with Gasteiger partial charge in [0.1, 0.15) is 0 Å². The zero-order valence-electron chi connectivity index (χ0n) is 11.0. The zero-order valence-corrected chi connectivity index (χ0v) is 11.0. The molecular weight excluding hydrogens is 204 g/mol. The van der Waals surface area contributed by atoms with Crippen LogP contribution in [-0.2, 0) is 0 Å². The van der Waals surface area contributed by atoms with E-state index in [1.54, 1.807) is 57.8 Å². The van der Waals surface area contributed by atoms with E-state index in [-0.39, 0.29) is 0 Å². The molecule has 0 heterocycles. The molecule has 0 radical (unpaired) electrons. The molecule has 94 valence electrons. The Bertz CT molecular complexity index is 261. The molecule has 5 saturated carbocycles. The minimum atomic E-state index is 1.21. The highest BCUT2D eigenvalue weighted by Crippen LogP contribution is 2.67. The van der Waals surface area contributed by atoms with Crippen LogP contribution in [0.4, 0.5) is 0 Å². The van der Waals surface area contributed by atoms with E-state index in [1.807, 2.05) is 0 Å². The second-order valence-corrected chi connectivity index (χ2v) is 8.07. The Kier molecular flexibility index (Phi) is 1.92. The fraction of sp³-hybridized carbons (Fsp3) is 1.00. The molecule has 0 bridgehead atoms. The molecule has 0 saturated heterocycles. The van der Waals surface area contributed by atoms with Crippen LogP contribution in [0.25, 0.3) is 0 Å². The predicted octanol–water partition coefficient (Wildman–Crippen LogP) is 4.49. The van der Waals surface area contributed by atoms with Crippen molar-refractivity contribution in [1.29, 1.82) is 0 Å². The van der Waals surface area contributed by atoms with Crippen LogP contribution in [0.1, 0.15) is 57.8 Å². The monoisotopic (exact) mass is 230 g/mol. The molecule has 0 heteroatoms. The molecule has 0 aliphatic heterocycles. The molecule has 0 unspecified atom stereocenters. The summed E-state index contributed by atoms with van der Waals surface area (Å²) in [7, 11) is 0. The van der Waals surface area contributed by atoms with Gasteiger partial charge in [0.25, 0.3) is 0 Å². The van der Waals surface area contributed by atoms with E-state index in [0.717, 1.165) is 0 Å². The van der Waals surface area contributed by atoms with Crippen molar-refractivity contribution in [3.63, 3.8) is 0 Å². The molecule has 0 aromatic heterocycles. The molecule has 0 spiro atoms. The third-order valence-corrected chi connectivity index (χ3v) is 6.55. The van der Waals surface area contributed by atoms with E-state index in [2.05, 4.69) is 0 Å². The average Bonchev–Trinajstić information content (AvgIpc) is 3.08. The van der Waals surface area contributed by atoms with E-state index in [9.17, 15) is 0 Å². The van der Waals surface area contributed by atoms with Gasteiger partial charge in [0.2, 0.25) is 0 Å². The van der Waals surface area contributed by atoms with Crippen LogP contribution in [-0.4, -0.2) is 0 Å². The van der Waals surface area contributed by atoms with Crippen molar-refractivity contribution in [2.75, 3.05) is 0 Å². The van der Waals surface area contributed by atoms with Crippen molar-refractivity contribution in [2.24, 2.45) is 47.3 Å². The first-order valence-electron chi connectivity index (χ1n) is 8.42. The molecule has 0 aromatic carbocycles. The highest BCUT2D eigenvalue weighted by molar-refractivity contribution is 5.08. The summed E-state index contributed by atoms with van der Waals surface area (Å²) in [6.07, 6.45) is 14.5. The van der Waals surface area contributed by atoms with E-state index < -0.39 is 0 Å². The van der Waals surface area contributed by atoms with Gasteiger partial charge in [-0.2, -0.15) is 0 Å². The highest BCUT2D eigenvalue weighted by Gasteiger charge is 2.59. The van der Waals surface area contributed by atoms with Crippen molar-refractivity contribution in [3.05, 3.63) is 0 Å². The summed E-state index contributed by atoms with van der Waals surface area (Å²) < 4.78 is 0. The Hall–Kier alpha value is 0. The standard InChI is InChI=1S/C17H26/c1-2-10(1)16(11-3-4-11)14-9-15(14)17(12-5-6-12)13-7-8-13/h10-17H,1-9H2/t14-,15-/m0/s1. The Labute approximate surface area is 106 Å². The van der Waals surface area contributed by atoms with Gasteiger partial charge in [-0.15, -0.1) is 0 Å². The normalized spacial score (nSPS) is 41.3. The van der Waals surface area contributed by atoms with E-state index in [0.29, 0.717) is 0 Å². The smallest absolute Gasteiger partial charge is 0.0326 e. The van der Waals surface area contributed by atoms with Gasteiger partial charge < -0.3 is 0 Å². The molecule has 0 N–H and O–H groups in total. The summed E-state index contributed by atoms with van der Waals surface area (Å²) >= 11 is 0. The van der Waals surface area contributed by atoms with Gasteiger partial charge in [-0.25, -0.2) is 0 Å². The van der Waals surface area contributed by atoms with Gasteiger partial charge in [0.15, 0.2) is 0 Å². The first-order valence-corrected chi connectivity index (χ1v) is 8.42. The lowest BCUT2D eigenvalue weighted by molar-refractivity contribution is 0.274. The summed E-state index contributed by atoms with van der Waals surface area (Å²) in [6.45, 7) is 0. The van der Waals surface area contributed by atoms with Crippen LogP contribution in [0.15, 0.2) is 0 Å². The van der Waals surface area contributed by atoms with E-state index >= 15 is 0 Å². The predicted molar refractivity (Wildman–Crippen MR) is 69.5 cm³/mol. The molecule has 5 aliphatic rings. The van der Waals surface area contributed by atoms with Crippen LogP contribution in [0, 0.1) is 47.3 Å². The first-order chi connectivity index (χ1) is 8.42. The van der Waals surface area contributed by atoms with Gasteiger partial charge in [0, 0.05) is 0 Å². The van der Waals surface area contributed by atoms with Gasteiger partial charge >= 0.3 is 0 Å². The first kappa shape index (κ1) is 9.87. The molecule has 2 atom stereocenters. The second-order valence-electron chi connectivity index (χ2n) is 8.07. The summed E-state index contributed by atoms with van der Waals surface area (Å²) in [5.41, 5.74) is 0. The maximum absolute atomic E-state index is 1.66. The van der Waals surface area contributed by atoms with Crippen molar-refractivity contribution in [1.82, 2.24) is 0 Å². The minimum Gasteiger partial charge on any atom is -0.0499 e. The van der Waals surface area contributed by atoms with Crippen LogP contribution in [0.3, 0.4) is 0 Å². The second kappa shape index (κ2) is 3.31. The lowest BCUT2D eigenvalue weighted by Gasteiger charge is -2.20. The summed E-state index contributed by atoms with van der Waals surface area (Å²) in [5.74, 6) is 9.71. The van der Waals surface area contributed by atoms with Crippen molar-refractivity contribution < 1.29 is 0 Å². The lowest BCUT2D eigenvalue weighted by atomic mass is 9.85. The molecule has 5 fully saturated rings. The fourth-order valence-corrected chi connectivity index (χ4v) is 5.21. The topological polar surface area (TPSA) is 0 Å². The van der Waals surface area contributed by atoms with Crippen molar-refractivity contribution in [2.45, 2.75) is 57.8 Å². The molecule has 0 aromatic rings. The van der Waals surface area contributed by atoms with Gasteiger partial charge in [-0.05, 0) is 105 Å². The quantitative estimate of drug-likeness (QED) is 0.630. The maximum Gasteiger partial charge on any atom is -0.0326 e. The maximum atomic E-state index is 1.66. The SMILES string of the molecule is C1CC1C(C1CC1)[C@H]1C[C@@H]1C(C1CC1)C1CC1. The summed E-state index contributed by atoms with van der Waals surface area (Å²) in [6, 6.07) is 0. The average molecular weight is 230 g/mol. The fourth-order valence-electron chi connectivity index (χ4n) is 5.21. The van der Waals surface area contributed by atoms with Crippen molar-refractivity contribution in [3.8, 4) is 0 Å². The van der Waals surface area contributed by atoms with Crippen LogP contribution < -0.4 is 0 Å². The Morgan fingerprint density at radius 2 is 0.765 bits per heavy atom. The number of rotatable bonds is 6. The van der Waals surface area contributed by atoms with E-state index in [1.165, 1.54) is 47.3 Å². The molecular formula is C17H26. The summed E-state index contributed by atoms with van der Waals surface area (Å²) in [4.78, 5) is 0. The van der Waals surface area contributed by atoms with Crippen LogP contribution in [0.5, 0.6) is 0 Å². The third-order valence-electron chi connectivity index (χ3n) is 6.55. The minimum absolute atomic E-state index is 1.21. The lowest BCUT2D eigenvalue weighted by Crippen LogP contribution is -2.15. The summed E-state index contributed by atoms with van der Waals surface area (Å²) in [5, 5.41) is 0. The van der Waals surface area contributed by atoms with Gasteiger partial charge in [-0.3, -0.25) is 0 Å². The molecule has 5 rings (SSSR count). The van der Waals surface area contributed by atoms with Crippen LogP contribution >= 0.6 is 0 Å². The Morgan fingerprint density at radius 1 is 0.471 bits per heavy atom. The molecule has 17 heavy (non-hydrogen) atoms. The highest BCUT2D eigenvalue weighted by atomic mass is 14.6. The largest absolute Gasteiger partial charge is 0.0499 e. The number of hydrogen-bond acceptors (Lipinski definition) is 0. The number of hydrogen-bond donors (Lipinski definition) is 0. The Balaban J connectivity index is 1.30.